The first-order valence-electron chi connectivity index (χ1n) is 2.84. The highest BCUT2D eigenvalue weighted by molar-refractivity contribution is 6.17. The molecule has 0 fully saturated rings. The van der Waals surface area contributed by atoms with E-state index < -0.39 is 0 Å². The van der Waals surface area contributed by atoms with E-state index in [0.29, 0.717) is 0 Å². The van der Waals surface area contributed by atoms with Gasteiger partial charge >= 0.3 is 0 Å². The topological polar surface area (TPSA) is 30.7 Å². The number of hydrogen-bond acceptors (Lipinski definition) is 2. The first kappa shape index (κ1) is 5.68. The molecule has 0 saturated heterocycles. The van der Waals surface area contributed by atoms with E-state index in [2.05, 4.69) is 10.3 Å². The van der Waals surface area contributed by atoms with Crippen LogP contribution in [0.2, 0.25) is 0 Å². The minimum absolute atomic E-state index is 0.817. The highest BCUT2D eigenvalue weighted by atomic mass is 35.5. The predicted molar refractivity (Wildman–Crippen MR) is 38.8 cm³/mol. The number of fused-ring (bicyclic) bond motifs is 1. The van der Waals surface area contributed by atoms with Crippen LogP contribution < -0.4 is 0 Å². The number of rotatable bonds is 0. The average Bonchev–Trinajstić information content (AvgIpc) is 2.34. The first-order chi connectivity index (χ1) is 4.88. The Balaban J connectivity index is 2.93. The molecular formula is C6H4ClN3. The molecule has 0 spiro atoms. The van der Waals surface area contributed by atoms with Crippen LogP contribution in [-0.4, -0.2) is 14.5 Å². The Morgan fingerprint density at radius 3 is 2.90 bits per heavy atom. The van der Waals surface area contributed by atoms with E-state index in [-0.39, 0.29) is 0 Å². The monoisotopic (exact) mass is 153 g/mol. The molecule has 0 aliphatic carbocycles. The van der Waals surface area contributed by atoms with Gasteiger partial charge in [0, 0.05) is 11.8 Å². The van der Waals surface area contributed by atoms with Crippen LogP contribution in [0.3, 0.4) is 0 Å². The lowest BCUT2D eigenvalue weighted by Gasteiger charge is -1.84. The summed E-state index contributed by atoms with van der Waals surface area (Å²) in [5.41, 5.74) is 1.65. The third-order valence-electron chi connectivity index (χ3n) is 1.31. The molecular weight excluding hydrogens is 150 g/mol. The molecule has 0 amide bonds. The molecule has 1 heterocycles. The minimum atomic E-state index is 0.817. The molecule has 0 bridgehead atoms. The zero-order chi connectivity index (χ0) is 6.97. The minimum Gasteiger partial charge on any atom is -0.152 e. The van der Waals surface area contributed by atoms with Crippen molar-refractivity contribution in [2.75, 3.05) is 0 Å². The van der Waals surface area contributed by atoms with E-state index in [1.165, 1.54) is 4.20 Å². The SMILES string of the molecule is Cln1nnc2ccccc21. The quantitative estimate of drug-likeness (QED) is 0.573. The molecule has 0 aliphatic heterocycles. The Morgan fingerprint density at radius 2 is 2.10 bits per heavy atom. The van der Waals surface area contributed by atoms with Crippen LogP contribution in [0.1, 0.15) is 0 Å². The maximum absolute atomic E-state index is 5.62. The van der Waals surface area contributed by atoms with Gasteiger partial charge in [0.1, 0.15) is 11.0 Å². The van der Waals surface area contributed by atoms with Crippen LogP contribution >= 0.6 is 11.8 Å². The van der Waals surface area contributed by atoms with Crippen LogP contribution in [0.4, 0.5) is 0 Å². The Bertz CT molecular complexity index is 355. The molecule has 3 nitrogen and oxygen atoms in total. The summed E-state index contributed by atoms with van der Waals surface area (Å²) in [5, 5.41) is 7.43. The van der Waals surface area contributed by atoms with Gasteiger partial charge in [0.15, 0.2) is 0 Å². The fourth-order valence-corrected chi connectivity index (χ4v) is 1.02. The Hall–Kier alpha value is -1.09. The molecule has 1 aromatic heterocycles. The lowest BCUT2D eigenvalue weighted by atomic mass is 10.3. The lowest BCUT2D eigenvalue weighted by molar-refractivity contribution is 0.899. The molecule has 2 rings (SSSR count). The second kappa shape index (κ2) is 1.95. The van der Waals surface area contributed by atoms with Crippen molar-refractivity contribution in [3.63, 3.8) is 0 Å². The van der Waals surface area contributed by atoms with Crippen LogP contribution in [-0.2, 0) is 0 Å². The van der Waals surface area contributed by atoms with Crippen LogP contribution in [0.25, 0.3) is 11.0 Å². The van der Waals surface area contributed by atoms with E-state index in [0.717, 1.165) is 11.0 Å². The molecule has 10 heavy (non-hydrogen) atoms. The van der Waals surface area contributed by atoms with E-state index in [1.807, 2.05) is 24.3 Å². The van der Waals surface area contributed by atoms with E-state index >= 15 is 0 Å². The molecule has 50 valence electrons. The number of hydrogen-bond donors (Lipinski definition) is 0. The maximum Gasteiger partial charge on any atom is 0.114 e. The van der Waals surface area contributed by atoms with Crippen LogP contribution in [0.15, 0.2) is 24.3 Å². The van der Waals surface area contributed by atoms with Crippen molar-refractivity contribution in [3.05, 3.63) is 24.3 Å². The van der Waals surface area contributed by atoms with Crippen molar-refractivity contribution >= 4 is 22.8 Å². The summed E-state index contributed by atoms with van der Waals surface area (Å²) >= 11 is 5.62. The summed E-state index contributed by atoms with van der Waals surface area (Å²) in [7, 11) is 0. The molecule has 0 radical (unpaired) electrons. The van der Waals surface area contributed by atoms with Gasteiger partial charge in [-0.05, 0) is 17.3 Å². The Labute approximate surface area is 62.3 Å². The van der Waals surface area contributed by atoms with Crippen LogP contribution in [0.5, 0.6) is 0 Å². The molecule has 0 unspecified atom stereocenters. The number of aromatic nitrogens is 3. The largest absolute Gasteiger partial charge is 0.152 e. The second-order valence-corrected chi connectivity index (χ2v) is 2.26. The van der Waals surface area contributed by atoms with Gasteiger partial charge in [-0.25, -0.2) is 0 Å². The smallest absolute Gasteiger partial charge is 0.114 e. The van der Waals surface area contributed by atoms with Crippen LogP contribution in [0, 0.1) is 0 Å². The number of halogens is 1. The molecule has 0 N–H and O–H groups in total. The van der Waals surface area contributed by atoms with Crippen molar-refractivity contribution in [1.82, 2.24) is 14.5 Å². The van der Waals surface area contributed by atoms with Crippen molar-refractivity contribution in [2.24, 2.45) is 0 Å². The first-order valence-corrected chi connectivity index (χ1v) is 3.18. The third kappa shape index (κ3) is 0.675. The van der Waals surface area contributed by atoms with Gasteiger partial charge in [-0.15, -0.1) is 5.10 Å². The predicted octanol–water partition coefficient (Wildman–Crippen LogP) is 1.43. The third-order valence-corrected chi connectivity index (χ3v) is 1.56. The van der Waals surface area contributed by atoms with Gasteiger partial charge in [0.05, 0.1) is 0 Å². The fraction of sp³-hybridized carbons (Fsp3) is 0. The molecule has 0 aliphatic rings. The maximum atomic E-state index is 5.62. The standard InChI is InChI=1S/C6H4ClN3/c7-10-6-4-2-1-3-5(6)8-9-10/h1-4H. The number of benzene rings is 1. The van der Waals surface area contributed by atoms with Gasteiger partial charge in [-0.2, -0.15) is 4.20 Å². The second-order valence-electron chi connectivity index (χ2n) is 1.94. The fourth-order valence-electron chi connectivity index (χ4n) is 0.840. The van der Waals surface area contributed by atoms with Crippen molar-refractivity contribution < 1.29 is 0 Å². The summed E-state index contributed by atoms with van der Waals surface area (Å²) in [6.07, 6.45) is 0. The summed E-state index contributed by atoms with van der Waals surface area (Å²) in [5.74, 6) is 0. The van der Waals surface area contributed by atoms with E-state index in [9.17, 15) is 0 Å². The van der Waals surface area contributed by atoms with Gasteiger partial charge in [-0.3, -0.25) is 0 Å². The molecule has 4 heteroatoms. The number of nitrogens with zero attached hydrogens (tertiary/aromatic N) is 3. The normalized spacial score (nSPS) is 10.5. The number of para-hydroxylation sites is 1. The molecule has 0 atom stereocenters. The molecule has 0 saturated carbocycles. The summed E-state index contributed by atoms with van der Waals surface area (Å²) in [6.45, 7) is 0. The van der Waals surface area contributed by atoms with Gasteiger partial charge < -0.3 is 0 Å². The highest BCUT2D eigenvalue weighted by Crippen LogP contribution is 2.09. The lowest BCUT2D eigenvalue weighted by Crippen LogP contribution is -1.79. The van der Waals surface area contributed by atoms with Crippen molar-refractivity contribution in [2.45, 2.75) is 0 Å². The molecule has 2 aromatic rings. The molecule has 1 aromatic carbocycles. The van der Waals surface area contributed by atoms with Crippen molar-refractivity contribution in [3.8, 4) is 0 Å². The van der Waals surface area contributed by atoms with E-state index in [4.69, 9.17) is 11.8 Å². The average molecular weight is 154 g/mol. The van der Waals surface area contributed by atoms with Gasteiger partial charge in [0.25, 0.3) is 0 Å². The zero-order valence-corrected chi connectivity index (χ0v) is 5.78. The Morgan fingerprint density at radius 1 is 1.30 bits per heavy atom. The van der Waals surface area contributed by atoms with Gasteiger partial charge in [-0.1, -0.05) is 12.1 Å². The van der Waals surface area contributed by atoms with Gasteiger partial charge in [0.2, 0.25) is 0 Å². The van der Waals surface area contributed by atoms with E-state index in [1.54, 1.807) is 0 Å². The Kier molecular flexibility index (Phi) is 1.11. The zero-order valence-electron chi connectivity index (χ0n) is 5.03. The highest BCUT2D eigenvalue weighted by Gasteiger charge is 1.97. The summed E-state index contributed by atoms with van der Waals surface area (Å²) < 4.78 is 1.23. The van der Waals surface area contributed by atoms with Crippen molar-refractivity contribution in [1.29, 1.82) is 0 Å². The summed E-state index contributed by atoms with van der Waals surface area (Å²) in [6, 6.07) is 7.52. The summed E-state index contributed by atoms with van der Waals surface area (Å²) in [4.78, 5) is 0.